The van der Waals surface area contributed by atoms with Gasteiger partial charge in [0.2, 0.25) is 11.8 Å². The first kappa shape index (κ1) is 14.3. The Labute approximate surface area is 116 Å². The van der Waals surface area contributed by atoms with Crippen molar-refractivity contribution in [2.24, 2.45) is 5.92 Å². The van der Waals surface area contributed by atoms with E-state index in [1.807, 2.05) is 0 Å². The minimum atomic E-state index is -0.535. The Kier molecular flexibility index (Phi) is 3.94. The lowest BCUT2D eigenvalue weighted by Crippen LogP contribution is -2.40. The number of phenolic OH excluding ortho intramolecular Hbond substituents is 2. The molecule has 0 saturated carbocycles. The molecule has 2 amide bonds. The van der Waals surface area contributed by atoms with E-state index in [9.17, 15) is 19.8 Å². The summed E-state index contributed by atoms with van der Waals surface area (Å²) in [4.78, 5) is 25.1. The van der Waals surface area contributed by atoms with Crippen molar-refractivity contribution < 1.29 is 24.9 Å². The van der Waals surface area contributed by atoms with Crippen LogP contribution in [0.5, 0.6) is 11.5 Å². The van der Waals surface area contributed by atoms with Crippen LogP contribution >= 0.6 is 0 Å². The second-order valence-corrected chi connectivity index (χ2v) is 5.05. The number of aromatic hydroxyl groups is 2. The number of imide groups is 1. The Morgan fingerprint density at radius 1 is 1.35 bits per heavy atom. The molecular weight excluding hydrogens is 262 g/mol. The SMILES string of the molecule is CC(CO)N1C(=O)CC(Cc2ccc(O)cc2O)C1=O. The highest BCUT2D eigenvalue weighted by atomic mass is 16.3. The third-order valence-corrected chi connectivity index (χ3v) is 3.52. The molecule has 1 aromatic rings. The topological polar surface area (TPSA) is 98.1 Å². The summed E-state index contributed by atoms with van der Waals surface area (Å²) in [5.74, 6) is -1.33. The summed E-state index contributed by atoms with van der Waals surface area (Å²) in [5, 5.41) is 28.0. The van der Waals surface area contributed by atoms with Gasteiger partial charge in [0.15, 0.2) is 0 Å². The van der Waals surface area contributed by atoms with E-state index in [-0.39, 0.29) is 42.8 Å². The highest BCUT2D eigenvalue weighted by Crippen LogP contribution is 2.30. The number of aliphatic hydroxyl groups excluding tert-OH is 1. The minimum absolute atomic E-state index is 0.0596. The zero-order chi connectivity index (χ0) is 14.9. The van der Waals surface area contributed by atoms with Crippen molar-refractivity contribution in [3.63, 3.8) is 0 Å². The Morgan fingerprint density at radius 2 is 2.05 bits per heavy atom. The van der Waals surface area contributed by atoms with E-state index in [0.29, 0.717) is 5.56 Å². The number of hydrogen-bond donors (Lipinski definition) is 3. The number of carbonyl (C=O) groups excluding carboxylic acids is 2. The standard InChI is InChI=1S/C14H17NO5/c1-8(7-16)15-13(19)5-10(14(15)20)4-9-2-3-11(17)6-12(9)18/h2-3,6,8,10,16-18H,4-5,7H2,1H3. The van der Waals surface area contributed by atoms with Crippen LogP contribution in [0.2, 0.25) is 0 Å². The van der Waals surface area contributed by atoms with Crippen LogP contribution in [0.4, 0.5) is 0 Å². The Morgan fingerprint density at radius 3 is 2.65 bits per heavy atom. The van der Waals surface area contributed by atoms with Crippen LogP contribution in [0, 0.1) is 5.92 Å². The second kappa shape index (κ2) is 5.50. The number of carbonyl (C=O) groups is 2. The Bertz CT molecular complexity index is 542. The summed E-state index contributed by atoms with van der Waals surface area (Å²) < 4.78 is 0. The zero-order valence-electron chi connectivity index (χ0n) is 11.1. The average Bonchev–Trinajstić information content (AvgIpc) is 2.67. The largest absolute Gasteiger partial charge is 0.508 e. The van der Waals surface area contributed by atoms with Gasteiger partial charge < -0.3 is 15.3 Å². The van der Waals surface area contributed by atoms with Gasteiger partial charge in [0.25, 0.3) is 0 Å². The number of aliphatic hydroxyl groups is 1. The lowest BCUT2D eigenvalue weighted by Gasteiger charge is -2.21. The van der Waals surface area contributed by atoms with Gasteiger partial charge in [0.1, 0.15) is 11.5 Å². The van der Waals surface area contributed by atoms with Gasteiger partial charge in [-0.1, -0.05) is 6.07 Å². The van der Waals surface area contributed by atoms with Crippen molar-refractivity contribution in [2.45, 2.75) is 25.8 Å². The van der Waals surface area contributed by atoms with Crippen LogP contribution in [0.25, 0.3) is 0 Å². The summed E-state index contributed by atoms with van der Waals surface area (Å²) in [7, 11) is 0. The molecule has 0 spiro atoms. The summed E-state index contributed by atoms with van der Waals surface area (Å²) in [6, 6.07) is 3.61. The quantitative estimate of drug-likeness (QED) is 0.693. The monoisotopic (exact) mass is 279 g/mol. The molecule has 1 aliphatic rings. The Balaban J connectivity index is 2.15. The van der Waals surface area contributed by atoms with Gasteiger partial charge in [-0.05, 0) is 25.0 Å². The van der Waals surface area contributed by atoms with Crippen molar-refractivity contribution in [3.05, 3.63) is 23.8 Å². The van der Waals surface area contributed by atoms with E-state index >= 15 is 0 Å². The van der Waals surface area contributed by atoms with Crippen LogP contribution < -0.4 is 0 Å². The number of amides is 2. The first-order chi connectivity index (χ1) is 9.43. The van der Waals surface area contributed by atoms with Gasteiger partial charge in [-0.2, -0.15) is 0 Å². The number of benzene rings is 1. The molecule has 0 aromatic heterocycles. The highest BCUT2D eigenvalue weighted by Gasteiger charge is 2.40. The van der Waals surface area contributed by atoms with Gasteiger partial charge in [0, 0.05) is 12.5 Å². The molecule has 20 heavy (non-hydrogen) atoms. The molecule has 6 heteroatoms. The molecule has 2 rings (SSSR count). The van der Waals surface area contributed by atoms with Gasteiger partial charge in [0.05, 0.1) is 18.6 Å². The van der Waals surface area contributed by atoms with Gasteiger partial charge in [-0.15, -0.1) is 0 Å². The van der Waals surface area contributed by atoms with Crippen LogP contribution in [0.15, 0.2) is 18.2 Å². The predicted molar refractivity (Wildman–Crippen MR) is 70.0 cm³/mol. The first-order valence-corrected chi connectivity index (χ1v) is 6.41. The van der Waals surface area contributed by atoms with Gasteiger partial charge in [-0.3, -0.25) is 14.5 Å². The Hall–Kier alpha value is -2.08. The van der Waals surface area contributed by atoms with Crippen molar-refractivity contribution in [1.82, 2.24) is 4.90 Å². The maximum absolute atomic E-state index is 12.2. The molecule has 108 valence electrons. The summed E-state index contributed by atoms with van der Waals surface area (Å²) in [6.07, 6.45) is 0.300. The fourth-order valence-corrected chi connectivity index (χ4v) is 2.41. The molecule has 0 aliphatic carbocycles. The molecule has 1 aromatic carbocycles. The maximum atomic E-state index is 12.2. The molecule has 2 unspecified atom stereocenters. The molecule has 0 radical (unpaired) electrons. The van der Waals surface area contributed by atoms with E-state index in [0.717, 1.165) is 4.90 Å². The normalized spacial score (nSPS) is 20.5. The number of likely N-dealkylation sites (tertiary alicyclic amines) is 1. The van der Waals surface area contributed by atoms with Crippen LogP contribution in [-0.2, 0) is 16.0 Å². The highest BCUT2D eigenvalue weighted by molar-refractivity contribution is 6.04. The van der Waals surface area contributed by atoms with Gasteiger partial charge in [-0.25, -0.2) is 0 Å². The van der Waals surface area contributed by atoms with Crippen LogP contribution in [0.1, 0.15) is 18.9 Å². The lowest BCUT2D eigenvalue weighted by molar-refractivity contribution is -0.142. The van der Waals surface area contributed by atoms with Crippen molar-refractivity contribution in [3.8, 4) is 11.5 Å². The molecule has 3 N–H and O–H groups in total. The minimum Gasteiger partial charge on any atom is -0.508 e. The lowest BCUT2D eigenvalue weighted by atomic mass is 9.97. The summed E-state index contributed by atoms with van der Waals surface area (Å²) >= 11 is 0. The van der Waals surface area contributed by atoms with E-state index < -0.39 is 12.0 Å². The smallest absolute Gasteiger partial charge is 0.233 e. The first-order valence-electron chi connectivity index (χ1n) is 6.41. The number of hydrogen-bond acceptors (Lipinski definition) is 5. The molecule has 2 atom stereocenters. The second-order valence-electron chi connectivity index (χ2n) is 5.05. The fourth-order valence-electron chi connectivity index (χ4n) is 2.41. The molecule has 1 saturated heterocycles. The fraction of sp³-hybridized carbons (Fsp3) is 0.429. The third-order valence-electron chi connectivity index (χ3n) is 3.52. The molecule has 1 fully saturated rings. The maximum Gasteiger partial charge on any atom is 0.233 e. The number of phenols is 2. The summed E-state index contributed by atoms with van der Waals surface area (Å²) in [6.45, 7) is 1.34. The van der Waals surface area contributed by atoms with E-state index in [1.165, 1.54) is 18.2 Å². The number of rotatable bonds is 4. The summed E-state index contributed by atoms with van der Waals surface area (Å²) in [5.41, 5.74) is 0.507. The molecule has 1 aliphatic heterocycles. The zero-order valence-corrected chi connectivity index (χ0v) is 11.1. The molecule has 0 bridgehead atoms. The molecular formula is C14H17NO5. The van der Waals surface area contributed by atoms with Crippen molar-refractivity contribution in [2.75, 3.05) is 6.61 Å². The van der Waals surface area contributed by atoms with Crippen LogP contribution in [-0.4, -0.2) is 44.7 Å². The van der Waals surface area contributed by atoms with Crippen molar-refractivity contribution in [1.29, 1.82) is 0 Å². The predicted octanol–water partition coefficient (Wildman–Crippen LogP) is 0.396. The van der Waals surface area contributed by atoms with E-state index in [1.54, 1.807) is 6.92 Å². The van der Waals surface area contributed by atoms with Crippen LogP contribution in [0.3, 0.4) is 0 Å². The number of nitrogens with zero attached hydrogens (tertiary/aromatic N) is 1. The van der Waals surface area contributed by atoms with E-state index in [4.69, 9.17) is 5.11 Å². The molecule has 1 heterocycles. The molecule has 6 nitrogen and oxygen atoms in total. The average molecular weight is 279 g/mol. The van der Waals surface area contributed by atoms with Gasteiger partial charge >= 0.3 is 0 Å². The van der Waals surface area contributed by atoms with E-state index in [2.05, 4.69) is 0 Å². The van der Waals surface area contributed by atoms with Crippen molar-refractivity contribution >= 4 is 11.8 Å². The third kappa shape index (κ3) is 2.60.